The second kappa shape index (κ2) is 45.3. The van der Waals surface area contributed by atoms with Gasteiger partial charge < -0.3 is 30.8 Å². The number of aryl methyl sites for hydroxylation is 2. The Morgan fingerprint density at radius 1 is 0.482 bits per heavy atom. The van der Waals surface area contributed by atoms with Crippen LogP contribution in [0.15, 0.2) is 194 Å². The van der Waals surface area contributed by atoms with Crippen molar-refractivity contribution in [2.75, 3.05) is 30.4 Å². The Balaban J connectivity index is 0.000000170. The number of nitrogens with one attached hydrogen (secondary N) is 2. The first-order chi connectivity index (χ1) is 64.7. The van der Waals surface area contributed by atoms with Gasteiger partial charge in [0.05, 0.1) is 82.7 Å². The van der Waals surface area contributed by atoms with Crippen molar-refractivity contribution in [2.45, 2.75) is 151 Å². The van der Waals surface area contributed by atoms with Crippen molar-refractivity contribution in [1.82, 2.24) is 52.0 Å². The molecule has 0 unspecified atom stereocenters. The number of para-hydroxylation sites is 1. The van der Waals surface area contributed by atoms with Crippen LogP contribution in [-0.2, 0) is 86.1 Å². The quantitative estimate of drug-likeness (QED) is 0.0138. The monoisotopic (exact) mass is 1990 g/mol. The fraction of sp³-hybridized carbons (Fsp3) is 0.268. The summed E-state index contributed by atoms with van der Waals surface area (Å²) in [5, 5.41) is 15.3. The fourth-order valence-electron chi connectivity index (χ4n) is 14.1. The minimum atomic E-state index is -3.39. The lowest BCUT2D eigenvalue weighted by Gasteiger charge is -2.25. The van der Waals surface area contributed by atoms with E-state index in [4.69, 9.17) is 82.5 Å². The summed E-state index contributed by atoms with van der Waals surface area (Å²) in [5.74, 6) is -4.04. The number of hydrogen-bond donors (Lipinski definition) is 5. The van der Waals surface area contributed by atoms with E-state index in [9.17, 15) is 68.0 Å². The van der Waals surface area contributed by atoms with E-state index in [0.29, 0.717) is 115 Å². The normalized spacial score (nSPS) is 12.2. The molecule has 5 aromatic carbocycles. The standard InChI is InChI=1S/C26H23ClFN5O3S.C23H24ClFN2O3.C22H23ClFN3O3.C20H19ClFN3O5S.C6H8N2O/c1-16-5-3-4-6-22(16)33-24(34)10-9-21(31-33)26-25(19-8-7-18(28)14-20(19)27)30-23-13-17(11-12-32(23)26)15-29-37(2,35)36;1-5-14-10-11-27-19(12-14)26-21(16-7-6-15(25)13-17(16)24)22(27)18(28)8-9-20(29)30-23(2,3)4;1-22(2,3)30-19(29)7-6-17(28)21-20(15-5-4-14(24)11-16(15)23)26-18-10-13(12-25)8-9-27(18)21;1-30-18(27)6-5-16(26)20-19(14-4-3-13(22)10-15(14)21)24-17-9-12(7-8-25(17)20)11-23-31(2,28)29;7-6-3-5(4-9)1-2-8-6/h3-8,11-14,29H,9-10,15H2,1-2H3;6-7,10-13H,5,8-9H2,1-4H3;4-5,8-11H,6-7,12,25H2,1-3H3;3-4,7-10,23H,5-6,11H2,1-2H3;1-3,9H,4H2,(H2,7,8). The Bertz CT molecular complexity index is 7070. The number of nitrogens with zero attached hydrogens (tertiary/aromatic N) is 11. The highest BCUT2D eigenvalue weighted by molar-refractivity contribution is 7.89. The number of ether oxygens (including phenoxy) is 3. The largest absolute Gasteiger partial charge is 0.469 e. The van der Waals surface area contributed by atoms with Gasteiger partial charge in [-0.3, -0.25) is 51.2 Å². The fourth-order valence-corrected chi connectivity index (χ4v) is 16.0. The number of hydrogen-bond acceptors (Lipinski definition) is 23. The Morgan fingerprint density at radius 3 is 1.23 bits per heavy atom. The molecule has 15 rings (SSSR count). The molecular weight excluding hydrogens is 1900 g/mol. The number of aromatic nitrogens is 9. The van der Waals surface area contributed by atoms with Crippen molar-refractivity contribution in [3.8, 4) is 45.0 Å². The number of Topliss-reactive ketones (excluding diaryl/α,β-unsaturated/α-hetero) is 3. The van der Waals surface area contributed by atoms with Gasteiger partial charge in [0.15, 0.2) is 17.3 Å². The highest BCUT2D eigenvalue weighted by atomic mass is 35.5. The van der Waals surface area contributed by atoms with Crippen LogP contribution in [0.4, 0.5) is 29.1 Å². The summed E-state index contributed by atoms with van der Waals surface area (Å²) in [4.78, 5) is 110. The molecule has 1 amide bonds. The lowest BCUT2D eigenvalue weighted by molar-refractivity contribution is -0.155. The number of hydrazone groups is 1. The number of anilines is 2. The third kappa shape index (κ3) is 27.9. The number of aliphatic hydroxyl groups is 1. The zero-order chi connectivity index (χ0) is 99.9. The van der Waals surface area contributed by atoms with Crippen molar-refractivity contribution in [1.29, 1.82) is 0 Å². The van der Waals surface area contributed by atoms with E-state index in [1.807, 2.05) is 54.6 Å². The summed E-state index contributed by atoms with van der Waals surface area (Å²) in [5.41, 5.74) is 22.5. The maximum absolute atomic E-state index is 13.8. The number of carbonyl (C=O) groups excluding carboxylic acids is 7. The summed E-state index contributed by atoms with van der Waals surface area (Å²) in [6.45, 7) is 15.0. The minimum Gasteiger partial charge on any atom is -0.469 e. The number of aliphatic hydroxyl groups excluding tert-OH is 1. The van der Waals surface area contributed by atoms with Crippen molar-refractivity contribution in [3.05, 3.63) is 288 Å². The molecule has 10 heterocycles. The molecule has 0 spiro atoms. The molecule has 40 heteroatoms. The van der Waals surface area contributed by atoms with Gasteiger partial charge in [-0.1, -0.05) is 71.5 Å². The molecule has 0 fully saturated rings. The molecular formula is C97H97Cl4F4N15O15S2. The average Bonchev–Trinajstić information content (AvgIpc) is 1.70. The number of methoxy groups -OCH3 is 1. The van der Waals surface area contributed by atoms with E-state index in [0.717, 1.165) is 47.3 Å². The summed E-state index contributed by atoms with van der Waals surface area (Å²) < 4.78 is 127. The molecule has 0 aliphatic carbocycles. The summed E-state index contributed by atoms with van der Waals surface area (Å²) >= 11 is 25.1. The number of pyridine rings is 5. The van der Waals surface area contributed by atoms with Gasteiger partial charge in [-0.25, -0.2) is 73.8 Å². The molecule has 30 nitrogen and oxygen atoms in total. The molecule has 0 saturated heterocycles. The van der Waals surface area contributed by atoms with Crippen LogP contribution in [0.25, 0.3) is 67.6 Å². The predicted octanol–water partition coefficient (Wildman–Crippen LogP) is 18.0. The molecule has 1 aliphatic rings. The van der Waals surface area contributed by atoms with Crippen molar-refractivity contribution < 1.29 is 87.3 Å². The first kappa shape index (κ1) is 104. The lowest BCUT2D eigenvalue weighted by atomic mass is 10.0. The number of ketones is 3. The molecule has 0 radical (unpaired) electrons. The Morgan fingerprint density at radius 2 is 0.854 bits per heavy atom. The van der Waals surface area contributed by atoms with Crippen LogP contribution in [0.5, 0.6) is 0 Å². The smallest absolute Gasteiger partial charge is 0.306 e. The zero-order valence-corrected chi connectivity index (χ0v) is 80.8. The summed E-state index contributed by atoms with van der Waals surface area (Å²) in [6.07, 6.45) is 11.5. The first-order valence-corrected chi connectivity index (χ1v) is 47.8. The number of imidazole rings is 4. The predicted molar refractivity (Wildman–Crippen MR) is 516 cm³/mol. The number of carbonyl (C=O) groups is 7. The molecule has 0 atom stereocenters. The highest BCUT2D eigenvalue weighted by Gasteiger charge is 2.32. The molecule has 1 aliphatic heterocycles. The van der Waals surface area contributed by atoms with Crippen molar-refractivity contribution in [2.24, 2.45) is 10.8 Å². The zero-order valence-electron chi connectivity index (χ0n) is 76.2. The Hall–Kier alpha value is -13.0. The van der Waals surface area contributed by atoms with E-state index in [1.54, 1.807) is 136 Å². The van der Waals surface area contributed by atoms with Crippen LogP contribution >= 0.6 is 46.4 Å². The SMILES string of the molecule is CC(C)(C)OC(=O)CCC(=O)c1c(-c2ccc(F)cc2Cl)nc2cc(CN)ccn12.CCc1ccn2c(C(=O)CCC(=O)OC(C)(C)C)c(-c3ccc(F)cc3Cl)nc2c1.COC(=O)CCC(=O)c1c(-c2ccc(F)cc2Cl)nc2cc(CNS(C)(=O)=O)ccn12.Cc1ccccc1N1N=C(c2c(-c3ccc(F)cc3Cl)nc3cc(CNS(C)(=O)=O)ccn23)CCC1=O.Nc1cc(CO)ccn1. The number of nitrogens with two attached hydrogens (primary N) is 2. The van der Waals surface area contributed by atoms with Crippen molar-refractivity contribution >= 4 is 147 Å². The second-order valence-electron chi connectivity index (χ2n) is 33.3. The van der Waals surface area contributed by atoms with E-state index in [-0.39, 0.29) is 125 Å². The van der Waals surface area contributed by atoms with Gasteiger partial charge in [0.2, 0.25) is 26.0 Å². The third-order valence-corrected chi connectivity index (χ3v) is 23.0. The number of halogens is 8. The van der Waals surface area contributed by atoms with E-state index in [2.05, 4.69) is 34.1 Å². The van der Waals surface area contributed by atoms with Gasteiger partial charge in [0, 0.05) is 105 Å². The lowest BCUT2D eigenvalue weighted by Crippen LogP contribution is -2.32. The van der Waals surface area contributed by atoms with Gasteiger partial charge in [-0.05, 0) is 228 Å². The molecule has 0 bridgehead atoms. The number of esters is 3. The number of sulfonamides is 2. The van der Waals surface area contributed by atoms with Crippen LogP contribution in [0, 0.1) is 30.2 Å². The van der Waals surface area contributed by atoms with Gasteiger partial charge in [-0.15, -0.1) is 0 Å². The van der Waals surface area contributed by atoms with E-state index in [1.165, 1.54) is 77.2 Å². The Labute approximate surface area is 806 Å². The summed E-state index contributed by atoms with van der Waals surface area (Å²) in [6, 6.07) is 40.7. The number of benzene rings is 5. The topological polar surface area (TPSA) is 409 Å². The highest BCUT2D eigenvalue weighted by Crippen LogP contribution is 2.39. The van der Waals surface area contributed by atoms with Crippen molar-refractivity contribution in [3.63, 3.8) is 0 Å². The van der Waals surface area contributed by atoms with Crippen LogP contribution in [0.1, 0.15) is 170 Å². The molecule has 9 aromatic heterocycles. The molecule has 14 aromatic rings. The van der Waals surface area contributed by atoms with Gasteiger partial charge in [0.1, 0.15) is 103 Å². The molecule has 718 valence electrons. The third-order valence-electron chi connectivity index (χ3n) is 20.4. The first-order valence-electron chi connectivity index (χ1n) is 42.5. The summed E-state index contributed by atoms with van der Waals surface area (Å²) in [7, 11) is -5.53. The molecule has 0 saturated carbocycles. The minimum absolute atomic E-state index is 0.0206. The number of amides is 1. The van der Waals surface area contributed by atoms with Crippen LogP contribution < -0.4 is 25.9 Å². The van der Waals surface area contributed by atoms with Crippen LogP contribution in [0.2, 0.25) is 20.1 Å². The number of fused-ring (bicyclic) bond motifs is 4. The number of nitrogen functional groups attached to an aromatic ring is 1. The number of rotatable bonds is 27. The maximum Gasteiger partial charge on any atom is 0.306 e. The van der Waals surface area contributed by atoms with Crippen LogP contribution in [-0.4, -0.2) is 142 Å². The van der Waals surface area contributed by atoms with Gasteiger partial charge in [-0.2, -0.15) is 5.10 Å². The van der Waals surface area contributed by atoms with Gasteiger partial charge in [0.25, 0.3) is 0 Å². The maximum atomic E-state index is 13.8. The molecule has 7 N–H and O–H groups in total. The second-order valence-corrected chi connectivity index (χ2v) is 38.6. The van der Waals surface area contributed by atoms with Crippen LogP contribution in [0.3, 0.4) is 0 Å². The molecule has 137 heavy (non-hydrogen) atoms. The van der Waals surface area contributed by atoms with E-state index < -0.39 is 72.4 Å². The van der Waals surface area contributed by atoms with Gasteiger partial charge >= 0.3 is 17.9 Å². The average molecular weight is 1990 g/mol. The van der Waals surface area contributed by atoms with E-state index >= 15 is 0 Å². The Kier molecular flexibility index (Phi) is 34.5.